The Hall–Kier alpha value is -2.22. The summed E-state index contributed by atoms with van der Waals surface area (Å²) in [5.74, 6) is -0.935. The van der Waals surface area contributed by atoms with Crippen molar-refractivity contribution in [2.75, 3.05) is 11.9 Å². The van der Waals surface area contributed by atoms with E-state index in [1.54, 1.807) is 20.8 Å². The predicted molar refractivity (Wildman–Crippen MR) is 83.4 cm³/mol. The Kier molecular flexibility index (Phi) is 4.92. The molecular formula is C14H17N3O4S. The van der Waals surface area contributed by atoms with Gasteiger partial charge >= 0.3 is 11.9 Å². The number of rotatable bonds is 6. The van der Waals surface area contributed by atoms with Crippen LogP contribution >= 0.6 is 11.3 Å². The van der Waals surface area contributed by atoms with E-state index in [0.29, 0.717) is 39.5 Å². The fourth-order valence-electron chi connectivity index (χ4n) is 2.08. The summed E-state index contributed by atoms with van der Waals surface area (Å²) < 4.78 is 5.03. The molecule has 0 saturated heterocycles. The van der Waals surface area contributed by atoms with Gasteiger partial charge in [0.1, 0.15) is 27.9 Å². The number of carbonyl (C=O) groups is 2. The number of aromatic nitrogens is 2. The molecule has 1 unspecified atom stereocenters. The molecule has 8 heteroatoms. The Balaban J connectivity index is 2.48. The van der Waals surface area contributed by atoms with Gasteiger partial charge in [0.05, 0.1) is 12.0 Å². The number of ether oxygens (including phenoxy) is 1. The molecule has 1 atom stereocenters. The quantitative estimate of drug-likeness (QED) is 0.787. The predicted octanol–water partition coefficient (Wildman–Crippen LogP) is 2.45. The molecule has 0 aliphatic rings. The molecule has 2 heterocycles. The number of hydrogen-bond donors (Lipinski definition) is 2. The van der Waals surface area contributed by atoms with Crippen LogP contribution in [-0.4, -0.2) is 39.7 Å². The molecule has 0 saturated carbocycles. The van der Waals surface area contributed by atoms with Crippen molar-refractivity contribution in [1.29, 1.82) is 0 Å². The standard InChI is InChI=1S/C14H17N3O4S/c1-4-8(13(18)19)17-11-9-7(3)10(14(20)21-5-2)22-12(9)16-6-15-11/h6,8H,4-5H2,1-3H3,(H,18,19)(H,15,16,17). The highest BCUT2D eigenvalue weighted by molar-refractivity contribution is 7.20. The highest BCUT2D eigenvalue weighted by atomic mass is 32.1. The van der Waals surface area contributed by atoms with Crippen LogP contribution < -0.4 is 5.32 Å². The van der Waals surface area contributed by atoms with E-state index in [-0.39, 0.29) is 0 Å². The van der Waals surface area contributed by atoms with Gasteiger partial charge in [-0.3, -0.25) is 0 Å². The third kappa shape index (κ3) is 3.01. The molecule has 22 heavy (non-hydrogen) atoms. The molecule has 0 radical (unpaired) electrons. The molecular weight excluding hydrogens is 306 g/mol. The Morgan fingerprint density at radius 2 is 2.14 bits per heavy atom. The number of nitrogens with one attached hydrogen (secondary N) is 1. The third-order valence-electron chi connectivity index (χ3n) is 3.20. The minimum absolute atomic E-state index is 0.292. The lowest BCUT2D eigenvalue weighted by atomic mass is 10.1. The number of anilines is 1. The van der Waals surface area contributed by atoms with Crippen LogP contribution in [0.4, 0.5) is 5.82 Å². The first-order valence-electron chi connectivity index (χ1n) is 6.90. The monoisotopic (exact) mass is 323 g/mol. The van der Waals surface area contributed by atoms with Crippen molar-refractivity contribution >= 4 is 39.3 Å². The summed E-state index contributed by atoms with van der Waals surface area (Å²) in [7, 11) is 0. The van der Waals surface area contributed by atoms with E-state index in [0.717, 1.165) is 0 Å². The molecule has 0 bridgehead atoms. The molecule has 0 fully saturated rings. The van der Waals surface area contributed by atoms with Gasteiger partial charge in [-0.2, -0.15) is 0 Å². The van der Waals surface area contributed by atoms with E-state index in [1.807, 2.05) is 0 Å². The SMILES string of the molecule is CCOC(=O)c1sc2ncnc(NC(CC)C(=O)O)c2c1C. The average molecular weight is 323 g/mol. The van der Waals surface area contributed by atoms with E-state index < -0.39 is 18.0 Å². The molecule has 0 spiro atoms. The van der Waals surface area contributed by atoms with Crippen LogP contribution in [-0.2, 0) is 9.53 Å². The van der Waals surface area contributed by atoms with Crippen LogP contribution in [0.2, 0.25) is 0 Å². The zero-order valence-electron chi connectivity index (χ0n) is 12.5. The second-order valence-electron chi connectivity index (χ2n) is 4.62. The summed E-state index contributed by atoms with van der Waals surface area (Å²) in [5, 5.41) is 12.7. The second-order valence-corrected chi connectivity index (χ2v) is 5.62. The summed E-state index contributed by atoms with van der Waals surface area (Å²) in [6.45, 7) is 5.59. The Bertz CT molecular complexity index is 713. The van der Waals surface area contributed by atoms with E-state index in [9.17, 15) is 9.59 Å². The molecule has 0 aliphatic heterocycles. The maximum Gasteiger partial charge on any atom is 0.348 e. The first-order chi connectivity index (χ1) is 10.5. The van der Waals surface area contributed by atoms with Gasteiger partial charge in [0.2, 0.25) is 0 Å². The van der Waals surface area contributed by atoms with Crippen molar-refractivity contribution in [2.45, 2.75) is 33.2 Å². The highest BCUT2D eigenvalue weighted by Gasteiger charge is 2.22. The van der Waals surface area contributed by atoms with Crippen molar-refractivity contribution in [3.05, 3.63) is 16.8 Å². The van der Waals surface area contributed by atoms with Crippen LogP contribution in [0.15, 0.2) is 6.33 Å². The first kappa shape index (κ1) is 16.2. The molecule has 0 aromatic carbocycles. The van der Waals surface area contributed by atoms with Gasteiger partial charge in [-0.25, -0.2) is 19.6 Å². The van der Waals surface area contributed by atoms with Gasteiger partial charge in [-0.05, 0) is 25.8 Å². The lowest BCUT2D eigenvalue weighted by Gasteiger charge is -2.13. The van der Waals surface area contributed by atoms with Gasteiger partial charge in [-0.15, -0.1) is 11.3 Å². The average Bonchev–Trinajstić information content (AvgIpc) is 2.83. The summed E-state index contributed by atoms with van der Waals surface area (Å²) in [4.78, 5) is 32.5. The van der Waals surface area contributed by atoms with Crippen LogP contribution in [0.25, 0.3) is 10.2 Å². The highest BCUT2D eigenvalue weighted by Crippen LogP contribution is 2.34. The molecule has 2 aromatic heterocycles. The normalized spacial score (nSPS) is 12.1. The lowest BCUT2D eigenvalue weighted by Crippen LogP contribution is -2.28. The van der Waals surface area contributed by atoms with Crippen molar-refractivity contribution in [1.82, 2.24) is 9.97 Å². The smallest absolute Gasteiger partial charge is 0.348 e. The number of carboxylic acids is 1. The largest absolute Gasteiger partial charge is 0.480 e. The Morgan fingerprint density at radius 1 is 1.41 bits per heavy atom. The minimum Gasteiger partial charge on any atom is -0.480 e. The van der Waals surface area contributed by atoms with E-state index in [1.165, 1.54) is 17.7 Å². The van der Waals surface area contributed by atoms with E-state index >= 15 is 0 Å². The molecule has 2 aromatic rings. The maximum absolute atomic E-state index is 12.0. The second kappa shape index (κ2) is 6.69. The Morgan fingerprint density at radius 3 is 2.73 bits per heavy atom. The number of aryl methyl sites for hydroxylation is 1. The number of hydrogen-bond acceptors (Lipinski definition) is 7. The number of fused-ring (bicyclic) bond motifs is 1. The first-order valence-corrected chi connectivity index (χ1v) is 7.71. The fourth-order valence-corrected chi connectivity index (χ4v) is 3.12. The van der Waals surface area contributed by atoms with Crippen LogP contribution in [0, 0.1) is 6.92 Å². The zero-order valence-corrected chi connectivity index (χ0v) is 13.4. The number of thiophene rings is 1. The molecule has 7 nitrogen and oxygen atoms in total. The number of aliphatic carboxylic acids is 1. The molecule has 2 rings (SSSR count). The Labute approximate surface area is 131 Å². The third-order valence-corrected chi connectivity index (χ3v) is 4.38. The molecule has 0 amide bonds. The minimum atomic E-state index is -0.951. The van der Waals surface area contributed by atoms with Crippen molar-refractivity contribution in [2.24, 2.45) is 0 Å². The number of carbonyl (C=O) groups excluding carboxylic acids is 1. The summed E-state index contributed by atoms with van der Waals surface area (Å²) in [6, 6.07) is -0.747. The van der Waals surface area contributed by atoms with Crippen LogP contribution in [0.5, 0.6) is 0 Å². The van der Waals surface area contributed by atoms with E-state index in [2.05, 4.69) is 15.3 Å². The molecule has 0 aliphatic carbocycles. The van der Waals surface area contributed by atoms with Gasteiger partial charge in [0.15, 0.2) is 0 Å². The summed E-state index contributed by atoms with van der Waals surface area (Å²) in [5.41, 5.74) is 0.696. The van der Waals surface area contributed by atoms with Crippen LogP contribution in [0.1, 0.15) is 35.5 Å². The van der Waals surface area contributed by atoms with Crippen molar-refractivity contribution < 1.29 is 19.4 Å². The van der Waals surface area contributed by atoms with Gasteiger partial charge < -0.3 is 15.2 Å². The number of esters is 1. The zero-order chi connectivity index (χ0) is 16.3. The van der Waals surface area contributed by atoms with Crippen molar-refractivity contribution in [3.8, 4) is 0 Å². The number of nitrogens with zero attached hydrogens (tertiary/aromatic N) is 2. The van der Waals surface area contributed by atoms with Crippen molar-refractivity contribution in [3.63, 3.8) is 0 Å². The van der Waals surface area contributed by atoms with Crippen LogP contribution in [0.3, 0.4) is 0 Å². The van der Waals surface area contributed by atoms with Gasteiger partial charge in [0, 0.05) is 0 Å². The van der Waals surface area contributed by atoms with E-state index in [4.69, 9.17) is 9.84 Å². The fraction of sp³-hybridized carbons (Fsp3) is 0.429. The summed E-state index contributed by atoms with van der Waals surface area (Å²) >= 11 is 1.22. The molecule has 118 valence electrons. The lowest BCUT2D eigenvalue weighted by molar-refractivity contribution is -0.137. The van der Waals surface area contributed by atoms with Gasteiger partial charge in [-0.1, -0.05) is 6.92 Å². The number of carboxylic acid groups (broad SMARTS) is 1. The maximum atomic E-state index is 12.0. The topological polar surface area (TPSA) is 101 Å². The molecule has 2 N–H and O–H groups in total. The van der Waals surface area contributed by atoms with Gasteiger partial charge in [0.25, 0.3) is 0 Å². The summed E-state index contributed by atoms with van der Waals surface area (Å²) in [6.07, 6.45) is 1.76.